The van der Waals surface area contributed by atoms with Crippen molar-refractivity contribution in [1.82, 2.24) is 15.2 Å². The first kappa shape index (κ1) is 22.0. The number of likely N-dealkylation sites (tertiary alicyclic amines) is 1. The molecular formula is C27H32N4O. The van der Waals surface area contributed by atoms with E-state index in [1.54, 1.807) is 6.20 Å². The van der Waals surface area contributed by atoms with Crippen molar-refractivity contribution >= 4 is 11.7 Å². The minimum absolute atomic E-state index is 0.0824. The Labute approximate surface area is 190 Å². The maximum absolute atomic E-state index is 12.6. The fourth-order valence-electron chi connectivity index (χ4n) is 4.31. The molecule has 1 aromatic heterocycles. The normalized spacial score (nSPS) is 13.9. The van der Waals surface area contributed by atoms with Crippen LogP contribution in [0.25, 0.3) is 0 Å². The summed E-state index contributed by atoms with van der Waals surface area (Å²) in [6.07, 6.45) is 5.10. The number of carbonyl (C=O) groups excluding carboxylic acids is 1. The monoisotopic (exact) mass is 428 g/mol. The molecule has 2 aromatic carbocycles. The fraction of sp³-hybridized carbons (Fsp3) is 0.333. The van der Waals surface area contributed by atoms with Gasteiger partial charge in [-0.2, -0.15) is 0 Å². The van der Waals surface area contributed by atoms with Crippen molar-refractivity contribution in [2.75, 3.05) is 38.0 Å². The zero-order valence-corrected chi connectivity index (χ0v) is 18.5. The van der Waals surface area contributed by atoms with E-state index in [9.17, 15) is 4.79 Å². The quantitative estimate of drug-likeness (QED) is 0.498. The van der Waals surface area contributed by atoms with Crippen LogP contribution in [0, 0.1) is 0 Å². The van der Waals surface area contributed by atoms with E-state index in [-0.39, 0.29) is 11.8 Å². The van der Waals surface area contributed by atoms with E-state index in [0.717, 1.165) is 25.3 Å². The van der Waals surface area contributed by atoms with Crippen LogP contribution in [-0.4, -0.2) is 48.5 Å². The molecule has 166 valence electrons. The summed E-state index contributed by atoms with van der Waals surface area (Å²) < 4.78 is 0. The Morgan fingerprint density at radius 3 is 2.12 bits per heavy atom. The topological polar surface area (TPSA) is 57.3 Å². The second-order valence-corrected chi connectivity index (χ2v) is 8.33. The summed E-state index contributed by atoms with van der Waals surface area (Å²) >= 11 is 0. The van der Waals surface area contributed by atoms with E-state index in [1.807, 2.05) is 24.3 Å². The Bertz CT molecular complexity index is 914. The molecule has 3 aromatic rings. The molecule has 5 heteroatoms. The van der Waals surface area contributed by atoms with E-state index < -0.39 is 0 Å². The number of rotatable bonds is 10. The molecule has 2 N–H and O–H groups in total. The van der Waals surface area contributed by atoms with Crippen molar-refractivity contribution in [3.05, 3.63) is 95.7 Å². The number of anilines is 1. The van der Waals surface area contributed by atoms with Gasteiger partial charge in [-0.15, -0.1) is 0 Å². The third kappa shape index (κ3) is 6.17. The van der Waals surface area contributed by atoms with E-state index in [1.165, 1.54) is 37.1 Å². The molecule has 0 aliphatic carbocycles. The van der Waals surface area contributed by atoms with Crippen LogP contribution < -0.4 is 10.6 Å². The maximum atomic E-state index is 12.6. The van der Waals surface area contributed by atoms with Gasteiger partial charge in [0.15, 0.2) is 0 Å². The first-order valence-corrected chi connectivity index (χ1v) is 11.6. The Balaban J connectivity index is 1.27. The van der Waals surface area contributed by atoms with Crippen LogP contribution in [0.4, 0.5) is 5.82 Å². The summed E-state index contributed by atoms with van der Waals surface area (Å²) in [6.45, 7) is 4.91. The standard InChI is InChI=1S/C27H32N4O/c32-27(24-13-14-26(30-21-24)28-17-20-31-18-7-8-19-31)29-16-15-25(22-9-3-1-4-10-22)23-11-5-2-6-12-23/h1-6,9-14,21,25H,7-8,15-20H2,(H,28,30)(H,29,32). The van der Waals surface area contributed by atoms with Gasteiger partial charge < -0.3 is 15.5 Å². The van der Waals surface area contributed by atoms with Crippen LogP contribution in [0.1, 0.15) is 46.7 Å². The number of carbonyl (C=O) groups is 1. The van der Waals surface area contributed by atoms with Gasteiger partial charge in [0.25, 0.3) is 5.91 Å². The highest BCUT2D eigenvalue weighted by atomic mass is 16.1. The van der Waals surface area contributed by atoms with Crippen LogP contribution in [0.5, 0.6) is 0 Å². The number of pyridine rings is 1. The van der Waals surface area contributed by atoms with Crippen molar-refractivity contribution in [1.29, 1.82) is 0 Å². The van der Waals surface area contributed by atoms with Gasteiger partial charge in [0, 0.05) is 31.7 Å². The summed E-state index contributed by atoms with van der Waals surface area (Å²) in [5, 5.41) is 6.41. The minimum Gasteiger partial charge on any atom is -0.369 e. The zero-order valence-electron chi connectivity index (χ0n) is 18.5. The van der Waals surface area contributed by atoms with Crippen molar-refractivity contribution in [2.45, 2.75) is 25.2 Å². The van der Waals surface area contributed by atoms with Gasteiger partial charge in [-0.05, 0) is 55.6 Å². The smallest absolute Gasteiger partial charge is 0.252 e. The lowest BCUT2D eigenvalue weighted by molar-refractivity contribution is 0.0952. The number of hydrogen-bond donors (Lipinski definition) is 2. The van der Waals surface area contributed by atoms with E-state index in [4.69, 9.17) is 0 Å². The predicted molar refractivity (Wildman–Crippen MR) is 130 cm³/mol. The molecule has 0 spiro atoms. The Kier molecular flexibility index (Phi) is 7.88. The van der Waals surface area contributed by atoms with Crippen LogP contribution in [0.15, 0.2) is 79.0 Å². The lowest BCUT2D eigenvalue weighted by atomic mass is 9.88. The van der Waals surface area contributed by atoms with Gasteiger partial charge in [-0.3, -0.25) is 4.79 Å². The molecule has 0 saturated carbocycles. The van der Waals surface area contributed by atoms with Crippen LogP contribution in [0.2, 0.25) is 0 Å². The average molecular weight is 429 g/mol. The minimum atomic E-state index is -0.0824. The third-order valence-corrected chi connectivity index (χ3v) is 6.08. The first-order chi connectivity index (χ1) is 15.8. The molecule has 1 aliphatic heterocycles. The molecule has 4 rings (SSSR count). The molecule has 0 unspecified atom stereocenters. The van der Waals surface area contributed by atoms with Gasteiger partial charge in [0.2, 0.25) is 0 Å². The fourth-order valence-corrected chi connectivity index (χ4v) is 4.31. The number of hydrogen-bond acceptors (Lipinski definition) is 4. The van der Waals surface area contributed by atoms with Crippen LogP contribution in [0.3, 0.4) is 0 Å². The Morgan fingerprint density at radius 1 is 0.875 bits per heavy atom. The van der Waals surface area contributed by atoms with E-state index in [2.05, 4.69) is 69.0 Å². The molecule has 5 nitrogen and oxygen atoms in total. The summed E-state index contributed by atoms with van der Waals surface area (Å²) in [4.78, 5) is 19.5. The average Bonchev–Trinajstić information content (AvgIpc) is 3.37. The van der Waals surface area contributed by atoms with Crippen molar-refractivity contribution in [3.63, 3.8) is 0 Å². The molecule has 0 bridgehead atoms. The second kappa shape index (κ2) is 11.4. The molecule has 1 amide bonds. The Morgan fingerprint density at radius 2 is 1.53 bits per heavy atom. The second-order valence-electron chi connectivity index (χ2n) is 8.33. The van der Waals surface area contributed by atoms with Gasteiger partial charge in [-0.1, -0.05) is 60.7 Å². The molecule has 1 saturated heterocycles. The number of nitrogens with one attached hydrogen (secondary N) is 2. The maximum Gasteiger partial charge on any atom is 0.252 e. The third-order valence-electron chi connectivity index (χ3n) is 6.08. The van der Waals surface area contributed by atoms with Crippen molar-refractivity contribution in [3.8, 4) is 0 Å². The van der Waals surface area contributed by atoms with E-state index in [0.29, 0.717) is 12.1 Å². The van der Waals surface area contributed by atoms with Crippen molar-refractivity contribution < 1.29 is 4.79 Å². The number of aromatic nitrogens is 1. The highest BCUT2D eigenvalue weighted by Gasteiger charge is 2.15. The molecule has 1 fully saturated rings. The van der Waals surface area contributed by atoms with Gasteiger partial charge in [-0.25, -0.2) is 4.98 Å². The molecule has 1 aliphatic rings. The summed E-state index contributed by atoms with van der Waals surface area (Å²) in [6, 6.07) is 24.7. The molecule has 0 radical (unpaired) electrons. The number of benzene rings is 2. The van der Waals surface area contributed by atoms with Crippen LogP contribution in [-0.2, 0) is 0 Å². The van der Waals surface area contributed by atoms with Gasteiger partial charge in [0.05, 0.1) is 5.56 Å². The number of nitrogens with zero attached hydrogens (tertiary/aromatic N) is 2. The molecular weight excluding hydrogens is 396 g/mol. The molecule has 0 atom stereocenters. The lowest BCUT2D eigenvalue weighted by Gasteiger charge is -2.18. The number of amides is 1. The zero-order chi connectivity index (χ0) is 22.0. The first-order valence-electron chi connectivity index (χ1n) is 11.6. The summed E-state index contributed by atoms with van der Waals surface area (Å²) in [5.74, 6) is 0.980. The molecule has 2 heterocycles. The van der Waals surface area contributed by atoms with Crippen molar-refractivity contribution in [2.24, 2.45) is 0 Å². The SMILES string of the molecule is O=C(NCCC(c1ccccc1)c1ccccc1)c1ccc(NCCN2CCCC2)nc1. The van der Waals surface area contributed by atoms with Crippen LogP contribution >= 0.6 is 0 Å². The highest BCUT2D eigenvalue weighted by Crippen LogP contribution is 2.27. The van der Waals surface area contributed by atoms with E-state index >= 15 is 0 Å². The predicted octanol–water partition coefficient (Wildman–Crippen LogP) is 4.54. The highest BCUT2D eigenvalue weighted by molar-refractivity contribution is 5.94. The van der Waals surface area contributed by atoms with Gasteiger partial charge in [0.1, 0.15) is 5.82 Å². The largest absolute Gasteiger partial charge is 0.369 e. The van der Waals surface area contributed by atoms with Gasteiger partial charge >= 0.3 is 0 Å². The Hall–Kier alpha value is -3.18. The summed E-state index contributed by atoms with van der Waals surface area (Å²) in [5.41, 5.74) is 3.11. The molecule has 32 heavy (non-hydrogen) atoms. The summed E-state index contributed by atoms with van der Waals surface area (Å²) in [7, 11) is 0. The lowest BCUT2D eigenvalue weighted by Crippen LogP contribution is -2.27.